The first kappa shape index (κ1) is 23.5. The third-order valence-electron chi connectivity index (χ3n) is 6.09. The maximum Gasteiger partial charge on any atom is 0.0676 e. The number of benzene rings is 2. The quantitative estimate of drug-likeness (QED) is 0.181. The van der Waals surface area contributed by atoms with Gasteiger partial charge >= 0.3 is 0 Å². The fourth-order valence-electron chi connectivity index (χ4n) is 4.04. The average Bonchev–Trinajstić information content (AvgIpc) is 3.68. The molecule has 4 heterocycles. The molecule has 0 fully saturated rings. The highest BCUT2D eigenvalue weighted by Gasteiger charge is 2.29. The highest BCUT2D eigenvalue weighted by molar-refractivity contribution is 7.23. The van der Waals surface area contributed by atoms with E-state index in [1.165, 1.54) is 0 Å². The molecule has 0 saturated carbocycles. The van der Waals surface area contributed by atoms with Gasteiger partial charge in [0.2, 0.25) is 0 Å². The average molecular weight is 547 g/mol. The summed E-state index contributed by atoms with van der Waals surface area (Å²) in [4.78, 5) is 19.2. The van der Waals surface area contributed by atoms with Gasteiger partial charge < -0.3 is 30.6 Å². The van der Waals surface area contributed by atoms with Crippen LogP contribution < -0.4 is 0 Å². The number of rotatable bonds is 9. The highest BCUT2D eigenvalue weighted by Crippen LogP contribution is 2.45. The Morgan fingerprint density at radius 3 is 1.67 bits per heavy atom. The summed E-state index contributed by atoms with van der Waals surface area (Å²) in [5.41, 5.74) is 3.62. The van der Waals surface area contributed by atoms with Crippen LogP contribution in [0.15, 0.2) is 59.3 Å². The summed E-state index contributed by atoms with van der Waals surface area (Å²) in [5.74, 6) is 0. The second-order valence-corrected chi connectivity index (χ2v) is 12.3. The molecule has 2 aromatic carbocycles. The van der Waals surface area contributed by atoms with Crippen molar-refractivity contribution in [3.05, 3.63) is 81.3 Å². The molecule has 0 spiro atoms. The molecule has 0 radical (unpaired) electrons. The first-order valence-electron chi connectivity index (χ1n) is 11.7. The first-order valence-corrected chi connectivity index (χ1v) is 15.1. The molecule has 0 atom stereocenters. The zero-order valence-electron chi connectivity index (χ0n) is 19.7. The summed E-state index contributed by atoms with van der Waals surface area (Å²) in [7, 11) is 0. The molecule has 182 valence electrons. The maximum atomic E-state index is 4.94. The van der Waals surface area contributed by atoms with Crippen molar-refractivity contribution in [2.75, 3.05) is 0 Å². The van der Waals surface area contributed by atoms with E-state index in [0.29, 0.717) is 0 Å². The Bertz CT molecular complexity index is 1450. The summed E-state index contributed by atoms with van der Waals surface area (Å²) in [5, 5.41) is 16.6. The van der Waals surface area contributed by atoms with Crippen molar-refractivity contribution in [2.24, 2.45) is 0 Å². The van der Waals surface area contributed by atoms with E-state index >= 15 is 0 Å². The van der Waals surface area contributed by atoms with Crippen LogP contribution in [0.25, 0.3) is 31.1 Å². The Morgan fingerprint density at radius 2 is 1.19 bits per heavy atom. The van der Waals surface area contributed by atoms with Crippen LogP contribution in [0, 0.1) is 0 Å². The second kappa shape index (κ2) is 9.85. The third-order valence-corrected chi connectivity index (χ3v) is 9.42. The number of thiazole rings is 4. The van der Waals surface area contributed by atoms with Gasteiger partial charge in [0.15, 0.2) is 0 Å². The molecule has 0 amide bonds. The maximum absolute atomic E-state index is 4.94. The van der Waals surface area contributed by atoms with Gasteiger partial charge in [-0.3, -0.25) is 0 Å². The highest BCUT2D eigenvalue weighted by atomic mass is 32.1. The monoisotopic (exact) mass is 546 g/mol. The van der Waals surface area contributed by atoms with E-state index in [4.69, 9.17) is 20.6 Å². The van der Waals surface area contributed by atoms with E-state index < -0.39 is 0 Å². The number of aromatic nitrogens is 4. The second-order valence-electron chi connectivity index (χ2n) is 8.62. The minimum atomic E-state index is -0.314. The molecule has 6 nitrogen and oxygen atoms in total. The molecule has 6 rings (SSSR count). The summed E-state index contributed by atoms with van der Waals surface area (Å²) in [6.45, 7) is 4.44. The Hall–Kier alpha value is -2.92. The minimum Gasteiger partial charge on any atom is -0.355 e. The Labute approximate surface area is 225 Å². The standard InChI is InChI=1S/C26H22N6S4/c1-3-4-13-26(2,20-14-33-22(29-20)31-24-27-16-9-5-7-11-18(16)35-24)21-15-34-23(30-21)32-25-28-17-10-6-8-12-19(17)36-25/h5-12,14-15H,3-4,13H2,1-2H3/q-2. The van der Waals surface area contributed by atoms with E-state index in [2.05, 4.69) is 46.7 Å². The molecule has 4 aromatic heterocycles. The van der Waals surface area contributed by atoms with Gasteiger partial charge in [0.05, 0.1) is 20.5 Å². The number of nitrogens with zero attached hydrogens (tertiary/aromatic N) is 6. The minimum absolute atomic E-state index is 0.314. The van der Waals surface area contributed by atoms with Crippen molar-refractivity contribution in [3.63, 3.8) is 0 Å². The van der Waals surface area contributed by atoms with Gasteiger partial charge in [0.1, 0.15) is 0 Å². The van der Waals surface area contributed by atoms with Gasteiger partial charge in [-0.2, -0.15) is 0 Å². The summed E-state index contributed by atoms with van der Waals surface area (Å²) in [6, 6.07) is 16.2. The lowest BCUT2D eigenvalue weighted by Crippen LogP contribution is -2.24. The van der Waals surface area contributed by atoms with Crippen molar-refractivity contribution in [1.29, 1.82) is 0 Å². The smallest absolute Gasteiger partial charge is 0.0676 e. The van der Waals surface area contributed by atoms with Crippen LogP contribution in [-0.4, -0.2) is 19.9 Å². The van der Waals surface area contributed by atoms with E-state index in [-0.39, 0.29) is 5.41 Å². The fraction of sp³-hybridized carbons (Fsp3) is 0.231. The van der Waals surface area contributed by atoms with E-state index in [9.17, 15) is 0 Å². The summed E-state index contributed by atoms with van der Waals surface area (Å²) in [6.07, 6.45) is 3.15. The SMILES string of the molecule is CCCCC(C)(c1csc([N-]c2nc3ccccc3s2)n1)c1csc([N-]c2nc3ccccc3s2)n1. The van der Waals surface area contributed by atoms with Gasteiger partial charge in [0, 0.05) is 25.8 Å². The topological polar surface area (TPSA) is 79.8 Å². The zero-order chi connectivity index (χ0) is 24.5. The van der Waals surface area contributed by atoms with E-state index in [1.54, 1.807) is 45.3 Å². The van der Waals surface area contributed by atoms with E-state index in [1.807, 2.05) is 36.4 Å². The molecular weight excluding hydrogens is 525 g/mol. The fourth-order valence-corrected chi connectivity index (χ4v) is 7.47. The first-order chi connectivity index (χ1) is 17.6. The number of unbranched alkanes of at least 4 members (excludes halogenated alkanes) is 1. The largest absolute Gasteiger partial charge is 0.355 e. The lowest BCUT2D eigenvalue weighted by atomic mass is 9.79. The third kappa shape index (κ3) is 4.61. The van der Waals surface area contributed by atoms with Crippen molar-refractivity contribution in [3.8, 4) is 0 Å². The predicted molar refractivity (Wildman–Crippen MR) is 155 cm³/mol. The lowest BCUT2D eigenvalue weighted by Gasteiger charge is -2.30. The molecule has 10 heteroatoms. The lowest BCUT2D eigenvalue weighted by molar-refractivity contribution is 0.474. The molecule has 0 aliphatic rings. The van der Waals surface area contributed by atoms with Crippen LogP contribution in [0.4, 0.5) is 20.5 Å². The Morgan fingerprint density at radius 1 is 0.694 bits per heavy atom. The van der Waals surface area contributed by atoms with Crippen molar-refractivity contribution in [1.82, 2.24) is 19.9 Å². The van der Waals surface area contributed by atoms with Gasteiger partial charge in [-0.25, -0.2) is 0 Å². The molecular formula is C26H22N6S4-2. The van der Waals surface area contributed by atoms with E-state index in [0.717, 1.165) is 71.6 Å². The van der Waals surface area contributed by atoms with Gasteiger partial charge in [-0.1, -0.05) is 63.1 Å². The molecule has 0 bridgehead atoms. The Kier molecular flexibility index (Phi) is 6.43. The van der Waals surface area contributed by atoms with Crippen LogP contribution in [0.3, 0.4) is 0 Å². The Balaban J connectivity index is 1.25. The van der Waals surface area contributed by atoms with Crippen LogP contribution in [0.1, 0.15) is 44.5 Å². The predicted octanol–water partition coefficient (Wildman–Crippen LogP) is 9.99. The van der Waals surface area contributed by atoms with Crippen LogP contribution in [0.2, 0.25) is 0 Å². The molecule has 36 heavy (non-hydrogen) atoms. The zero-order valence-corrected chi connectivity index (χ0v) is 23.0. The van der Waals surface area contributed by atoms with Crippen LogP contribution in [-0.2, 0) is 5.41 Å². The van der Waals surface area contributed by atoms with Crippen LogP contribution >= 0.6 is 45.3 Å². The van der Waals surface area contributed by atoms with Crippen molar-refractivity contribution in [2.45, 2.75) is 38.5 Å². The normalized spacial score (nSPS) is 11.9. The number of para-hydroxylation sites is 2. The molecule has 0 unspecified atom stereocenters. The summed E-state index contributed by atoms with van der Waals surface area (Å²) >= 11 is 6.28. The van der Waals surface area contributed by atoms with Gasteiger partial charge in [-0.15, -0.1) is 45.3 Å². The van der Waals surface area contributed by atoms with Crippen molar-refractivity contribution >= 4 is 86.3 Å². The van der Waals surface area contributed by atoms with Crippen LogP contribution in [0.5, 0.6) is 0 Å². The van der Waals surface area contributed by atoms with Crippen molar-refractivity contribution < 1.29 is 0 Å². The number of hydrogen-bond donors (Lipinski definition) is 0. The summed E-state index contributed by atoms with van der Waals surface area (Å²) < 4.78 is 2.26. The van der Waals surface area contributed by atoms with Gasteiger partial charge in [-0.05, 0) is 40.7 Å². The molecule has 6 aromatic rings. The molecule has 0 saturated heterocycles. The molecule has 0 aliphatic heterocycles. The number of fused-ring (bicyclic) bond motifs is 2. The van der Waals surface area contributed by atoms with Gasteiger partial charge in [0.25, 0.3) is 0 Å². The molecule has 0 aliphatic carbocycles. The molecule has 0 N–H and O–H groups in total. The number of hydrogen-bond acceptors (Lipinski definition) is 8.